The molecule has 0 aromatic carbocycles. The molecule has 0 saturated carbocycles. The van der Waals surface area contributed by atoms with Crippen LogP contribution in [0.4, 0.5) is 0 Å². The van der Waals surface area contributed by atoms with Gasteiger partial charge < -0.3 is 19.2 Å². The van der Waals surface area contributed by atoms with Crippen LogP contribution in [0.1, 0.15) is 245 Å². The number of ether oxygens (including phenoxy) is 1. The van der Waals surface area contributed by atoms with Crippen molar-refractivity contribution in [3.8, 4) is 0 Å². The number of nitrogens with zero attached hydrogens (tertiary/aromatic N) is 1. The van der Waals surface area contributed by atoms with Crippen LogP contribution in [0.3, 0.4) is 0 Å². The van der Waals surface area contributed by atoms with Gasteiger partial charge in [-0.3, -0.25) is 13.8 Å². The second kappa shape index (κ2) is 42.0. The maximum absolute atomic E-state index is 13.3. The molecule has 2 unspecified atom stereocenters. The first-order valence-corrected chi connectivity index (χ1v) is 27.0. The zero-order valence-electron chi connectivity index (χ0n) is 40.4. The monoisotopic (exact) mass is 871 g/mol. The smallest absolute Gasteiger partial charge is 0.472 e. The van der Waals surface area contributed by atoms with Crippen molar-refractivity contribution in [2.45, 2.75) is 251 Å². The molecule has 0 bridgehead atoms. The molecule has 0 heterocycles. The lowest BCUT2D eigenvalue weighted by atomic mass is 9.95. The highest BCUT2D eigenvalue weighted by atomic mass is 31.2. The summed E-state index contributed by atoms with van der Waals surface area (Å²) in [6, 6.07) is 0. The molecule has 0 spiro atoms. The third-order valence-corrected chi connectivity index (χ3v) is 12.6. The topological polar surface area (TPSA) is 102 Å². The van der Waals surface area contributed by atoms with E-state index in [2.05, 4.69) is 26.0 Å². The van der Waals surface area contributed by atoms with Gasteiger partial charge in [0.05, 0.1) is 34.0 Å². The number of quaternary nitrogens is 1. The van der Waals surface area contributed by atoms with Gasteiger partial charge in [-0.05, 0) is 51.0 Å². The summed E-state index contributed by atoms with van der Waals surface area (Å²) in [6.45, 7) is 4.05. The number of phosphoric ester groups is 1. The van der Waals surface area contributed by atoms with Gasteiger partial charge in [-0.15, -0.1) is 0 Å². The van der Waals surface area contributed by atoms with Crippen LogP contribution in [0.5, 0.6) is 0 Å². The van der Waals surface area contributed by atoms with Crippen LogP contribution in [0.15, 0.2) is 24.5 Å². The van der Waals surface area contributed by atoms with Gasteiger partial charge in [0.15, 0.2) is 11.4 Å². The van der Waals surface area contributed by atoms with Crippen molar-refractivity contribution in [3.63, 3.8) is 0 Å². The molecule has 2 atom stereocenters. The molecule has 0 aliphatic carbocycles. The molecule has 0 aromatic heterocycles. The molecule has 356 valence electrons. The predicted octanol–water partition coefficient (Wildman–Crippen LogP) is 15.3. The van der Waals surface area contributed by atoms with Crippen molar-refractivity contribution in [1.29, 1.82) is 0 Å². The number of likely N-dealkylation sites (N-methyl/N-ethyl adjacent to an activating group) is 1. The Morgan fingerprint density at radius 1 is 0.517 bits per heavy atom. The van der Waals surface area contributed by atoms with Crippen molar-refractivity contribution in [2.75, 3.05) is 47.5 Å². The minimum Gasteiger partial charge on any atom is -0.498 e. The minimum absolute atomic E-state index is 0.0113. The summed E-state index contributed by atoms with van der Waals surface area (Å²) in [5.41, 5.74) is -2.04. The highest BCUT2D eigenvalue weighted by Gasteiger charge is 2.39. The Bertz CT molecular complexity index is 1050. The van der Waals surface area contributed by atoms with Gasteiger partial charge in [0.1, 0.15) is 19.8 Å². The Labute approximate surface area is 372 Å². The third-order valence-electron chi connectivity index (χ3n) is 11.7. The molecule has 0 rings (SSSR count). The van der Waals surface area contributed by atoms with E-state index in [4.69, 9.17) is 13.8 Å². The van der Waals surface area contributed by atoms with E-state index in [0.717, 1.165) is 44.9 Å². The van der Waals surface area contributed by atoms with Crippen molar-refractivity contribution >= 4 is 13.6 Å². The molecule has 2 N–H and O–H groups in total. The zero-order valence-corrected chi connectivity index (χ0v) is 41.3. The summed E-state index contributed by atoms with van der Waals surface area (Å²) in [5.74, 6) is -0.440. The second-order valence-electron chi connectivity index (χ2n) is 18.9. The maximum Gasteiger partial charge on any atom is 0.472 e. The number of phosphoric acid groups is 1. The van der Waals surface area contributed by atoms with Crippen molar-refractivity contribution < 1.29 is 37.6 Å². The summed E-state index contributed by atoms with van der Waals surface area (Å²) in [5, 5.41) is 11.4. The summed E-state index contributed by atoms with van der Waals surface area (Å²) in [7, 11) is 1.39. The van der Waals surface area contributed by atoms with Crippen LogP contribution in [0.2, 0.25) is 0 Å². The SMILES string of the molecule is CCCCCCCCCC/C=C\CCCCCCCC(=O)C(O)(CO/C=C/CCCCCCCCCCCCCCCCCCCCC)COP(=O)(O)OCC[N+](C)(C)C. The molecule has 0 amide bonds. The Morgan fingerprint density at radius 2 is 0.867 bits per heavy atom. The Balaban J connectivity index is 4.31. The number of rotatable bonds is 48. The number of hydrogen-bond acceptors (Lipinski definition) is 6. The average Bonchev–Trinajstić information content (AvgIpc) is 3.21. The molecule has 0 aliphatic heterocycles. The molecule has 0 aliphatic rings. The third kappa shape index (κ3) is 42.3. The number of hydrogen-bond donors (Lipinski definition) is 2. The van der Waals surface area contributed by atoms with E-state index in [1.54, 1.807) is 0 Å². The van der Waals surface area contributed by atoms with Crippen molar-refractivity contribution in [1.82, 2.24) is 0 Å². The lowest BCUT2D eigenvalue weighted by Crippen LogP contribution is -2.47. The molecular formula is C51H101NO7P+. The summed E-state index contributed by atoms with van der Waals surface area (Å²) in [4.78, 5) is 23.6. The summed E-state index contributed by atoms with van der Waals surface area (Å²) < 4.78 is 29.1. The van der Waals surface area contributed by atoms with Gasteiger partial charge >= 0.3 is 7.82 Å². The van der Waals surface area contributed by atoms with Crippen molar-refractivity contribution in [3.05, 3.63) is 24.5 Å². The Morgan fingerprint density at radius 3 is 1.25 bits per heavy atom. The number of allylic oxidation sites excluding steroid dienone is 3. The molecule has 60 heavy (non-hydrogen) atoms. The van der Waals surface area contributed by atoms with Crippen LogP contribution in [0.25, 0.3) is 0 Å². The summed E-state index contributed by atoms with van der Waals surface area (Å²) in [6.07, 6.45) is 52.8. The highest BCUT2D eigenvalue weighted by molar-refractivity contribution is 7.47. The molecule has 0 fully saturated rings. The van der Waals surface area contributed by atoms with E-state index in [9.17, 15) is 19.4 Å². The number of Topliss-reactive ketones (excluding diaryl/α,β-unsaturated/α-hetero) is 1. The van der Waals surface area contributed by atoms with Crippen molar-refractivity contribution in [2.24, 2.45) is 0 Å². The Hall–Kier alpha value is -1.02. The van der Waals surface area contributed by atoms with E-state index < -0.39 is 25.8 Å². The highest BCUT2D eigenvalue weighted by Crippen LogP contribution is 2.44. The first kappa shape index (κ1) is 59.0. The number of ketones is 1. The fourth-order valence-electron chi connectivity index (χ4n) is 7.46. The molecular weight excluding hydrogens is 770 g/mol. The number of unbranched alkanes of at least 4 members (excludes halogenated alkanes) is 32. The Kier molecular flexibility index (Phi) is 41.2. The van der Waals surface area contributed by atoms with E-state index in [0.29, 0.717) is 17.4 Å². The zero-order chi connectivity index (χ0) is 44.3. The van der Waals surface area contributed by atoms with Gasteiger partial charge in [-0.25, -0.2) is 4.57 Å². The molecule has 0 saturated heterocycles. The van der Waals surface area contributed by atoms with Gasteiger partial charge in [0, 0.05) is 6.42 Å². The van der Waals surface area contributed by atoms with E-state index in [1.807, 2.05) is 27.2 Å². The normalized spacial score (nSPS) is 14.3. The fraction of sp³-hybridized carbons (Fsp3) is 0.902. The molecule has 0 aromatic rings. The second-order valence-corrected chi connectivity index (χ2v) is 20.4. The van der Waals surface area contributed by atoms with Gasteiger partial charge in [-0.2, -0.15) is 0 Å². The standard InChI is InChI=1S/C51H100NO7P/c1-6-8-10-12-14-16-18-20-22-24-25-26-27-29-31-33-35-37-39-41-43-46-57-48-51(54,49-59-60(55,56)58-47-45-52(3,4)5)50(53)44-42-40-38-36-34-32-30-28-23-21-19-17-15-13-11-9-7-2/h28,30,43,46,54H,6-27,29,31-42,44-45,47-49H2,1-5H3/p+1/b30-28-,46-43+. The minimum atomic E-state index is -4.46. The predicted molar refractivity (Wildman–Crippen MR) is 256 cm³/mol. The van der Waals surface area contributed by atoms with E-state index in [1.165, 1.54) is 180 Å². The largest absolute Gasteiger partial charge is 0.498 e. The van der Waals surface area contributed by atoms with E-state index in [-0.39, 0.29) is 19.6 Å². The van der Waals surface area contributed by atoms with Crippen LogP contribution >= 0.6 is 7.82 Å². The molecule has 0 radical (unpaired) electrons. The lowest BCUT2D eigenvalue weighted by Gasteiger charge is -2.27. The quantitative estimate of drug-likeness (QED) is 0.0206. The van der Waals surface area contributed by atoms with Crippen LogP contribution in [0, 0.1) is 0 Å². The van der Waals surface area contributed by atoms with E-state index >= 15 is 0 Å². The summed E-state index contributed by atoms with van der Waals surface area (Å²) >= 11 is 0. The molecule has 9 heteroatoms. The van der Waals surface area contributed by atoms with Crippen LogP contribution in [-0.2, 0) is 23.1 Å². The maximum atomic E-state index is 13.3. The van der Waals surface area contributed by atoms with Crippen LogP contribution < -0.4 is 0 Å². The fourth-order valence-corrected chi connectivity index (χ4v) is 8.23. The first-order chi connectivity index (χ1) is 29.0. The van der Waals surface area contributed by atoms with Gasteiger partial charge in [-0.1, -0.05) is 206 Å². The van der Waals surface area contributed by atoms with Gasteiger partial charge in [0.25, 0.3) is 0 Å². The first-order valence-electron chi connectivity index (χ1n) is 25.6. The average molecular weight is 871 g/mol. The number of carbonyl (C=O) groups excluding carboxylic acids is 1. The number of aliphatic hydroxyl groups is 1. The number of carbonyl (C=O) groups is 1. The van der Waals surface area contributed by atoms with Gasteiger partial charge in [0.2, 0.25) is 0 Å². The lowest BCUT2D eigenvalue weighted by molar-refractivity contribution is -0.870. The molecule has 8 nitrogen and oxygen atoms in total. The van der Waals surface area contributed by atoms with Crippen LogP contribution in [-0.4, -0.2) is 73.4 Å².